The van der Waals surface area contributed by atoms with Crippen LogP contribution in [0.2, 0.25) is 0 Å². The van der Waals surface area contributed by atoms with E-state index in [0.29, 0.717) is 0 Å². The van der Waals surface area contributed by atoms with E-state index in [-0.39, 0.29) is 11.4 Å². The summed E-state index contributed by atoms with van der Waals surface area (Å²) < 4.78 is 5.66. The van der Waals surface area contributed by atoms with Gasteiger partial charge in [-0.1, -0.05) is 30.3 Å². The highest BCUT2D eigenvalue weighted by molar-refractivity contribution is 7.80. The third-order valence-corrected chi connectivity index (χ3v) is 3.08. The van der Waals surface area contributed by atoms with Crippen molar-refractivity contribution in [2.75, 3.05) is 19.7 Å². The molecule has 1 unspecified atom stereocenters. The zero-order valence-electron chi connectivity index (χ0n) is 8.02. The first-order valence-electron chi connectivity index (χ1n) is 4.93. The summed E-state index contributed by atoms with van der Waals surface area (Å²) in [5, 5.41) is 3.48. The summed E-state index contributed by atoms with van der Waals surface area (Å²) in [6, 6.07) is 10.3. The van der Waals surface area contributed by atoms with Crippen molar-refractivity contribution in [2.24, 2.45) is 0 Å². The molecule has 1 fully saturated rings. The molecule has 0 spiro atoms. The summed E-state index contributed by atoms with van der Waals surface area (Å²) in [6.45, 7) is 2.63. The summed E-state index contributed by atoms with van der Waals surface area (Å²) in [7, 11) is 0. The smallest absolute Gasteiger partial charge is 0.0856 e. The fraction of sp³-hybridized carbons (Fsp3) is 0.455. The molecule has 2 rings (SSSR count). The van der Waals surface area contributed by atoms with Crippen molar-refractivity contribution in [3.63, 3.8) is 0 Å². The molecule has 1 aromatic rings. The molecule has 0 saturated carbocycles. The number of ether oxygens (including phenoxy) is 1. The molecule has 0 amide bonds. The van der Waals surface area contributed by atoms with Crippen LogP contribution in [0.3, 0.4) is 0 Å². The van der Waals surface area contributed by atoms with E-state index in [1.165, 1.54) is 5.56 Å². The molecule has 14 heavy (non-hydrogen) atoms. The van der Waals surface area contributed by atoms with Crippen molar-refractivity contribution in [1.29, 1.82) is 0 Å². The summed E-state index contributed by atoms with van der Waals surface area (Å²) >= 11 is 4.60. The number of morpholine rings is 1. The maximum Gasteiger partial charge on any atom is 0.0856 e. The molecule has 0 aliphatic carbocycles. The molecule has 0 aromatic heterocycles. The number of thiol groups is 1. The fourth-order valence-corrected chi connectivity index (χ4v) is 2.02. The Hall–Kier alpha value is -0.510. The van der Waals surface area contributed by atoms with Crippen molar-refractivity contribution in [1.82, 2.24) is 5.32 Å². The van der Waals surface area contributed by atoms with Gasteiger partial charge in [0.05, 0.1) is 18.0 Å². The third kappa shape index (κ3) is 2.29. The zero-order valence-corrected chi connectivity index (χ0v) is 8.91. The van der Waals surface area contributed by atoms with Crippen molar-refractivity contribution < 1.29 is 4.74 Å². The summed E-state index contributed by atoms with van der Waals surface area (Å²) in [4.78, 5) is 0. The Labute approximate surface area is 90.1 Å². The SMILES string of the molecule is SC(c1ccccc1)[C@@H]1CNCCO1. The van der Waals surface area contributed by atoms with Crippen LogP contribution in [-0.2, 0) is 4.74 Å². The van der Waals surface area contributed by atoms with Crippen LogP contribution in [0.1, 0.15) is 10.8 Å². The highest BCUT2D eigenvalue weighted by atomic mass is 32.1. The molecule has 1 aromatic carbocycles. The van der Waals surface area contributed by atoms with Gasteiger partial charge in [0, 0.05) is 13.1 Å². The highest BCUT2D eigenvalue weighted by Crippen LogP contribution is 2.26. The van der Waals surface area contributed by atoms with Crippen molar-refractivity contribution in [3.8, 4) is 0 Å². The Balaban J connectivity index is 2.03. The topological polar surface area (TPSA) is 21.3 Å². The highest BCUT2D eigenvalue weighted by Gasteiger charge is 2.22. The van der Waals surface area contributed by atoms with Gasteiger partial charge < -0.3 is 10.1 Å². The molecule has 0 bridgehead atoms. The van der Waals surface area contributed by atoms with Gasteiger partial charge in [0.2, 0.25) is 0 Å². The van der Waals surface area contributed by atoms with Crippen LogP contribution < -0.4 is 5.32 Å². The molecule has 3 heteroatoms. The van der Waals surface area contributed by atoms with E-state index in [4.69, 9.17) is 4.74 Å². The minimum Gasteiger partial charge on any atom is -0.374 e. The third-order valence-electron chi connectivity index (χ3n) is 2.45. The molecule has 1 saturated heterocycles. The van der Waals surface area contributed by atoms with Crippen LogP contribution in [0.5, 0.6) is 0 Å². The predicted molar refractivity (Wildman–Crippen MR) is 60.8 cm³/mol. The lowest BCUT2D eigenvalue weighted by molar-refractivity contribution is 0.0276. The van der Waals surface area contributed by atoms with Crippen LogP contribution in [0.4, 0.5) is 0 Å². The van der Waals surface area contributed by atoms with E-state index in [1.807, 2.05) is 18.2 Å². The Kier molecular flexibility index (Phi) is 3.45. The molecule has 1 aliphatic heterocycles. The predicted octanol–water partition coefficient (Wildman–Crippen LogP) is 1.65. The summed E-state index contributed by atoms with van der Waals surface area (Å²) in [5.41, 5.74) is 1.23. The van der Waals surface area contributed by atoms with Crippen molar-refractivity contribution in [2.45, 2.75) is 11.4 Å². The zero-order chi connectivity index (χ0) is 9.80. The normalized spacial score (nSPS) is 24.5. The van der Waals surface area contributed by atoms with Gasteiger partial charge >= 0.3 is 0 Å². The molecule has 1 heterocycles. The van der Waals surface area contributed by atoms with Gasteiger partial charge in [-0.3, -0.25) is 0 Å². The van der Waals surface area contributed by atoms with Crippen molar-refractivity contribution in [3.05, 3.63) is 35.9 Å². The molecule has 2 atom stereocenters. The summed E-state index contributed by atoms with van der Waals surface area (Å²) in [5.74, 6) is 0. The van der Waals surface area contributed by atoms with Gasteiger partial charge in [-0.2, -0.15) is 12.6 Å². The Morgan fingerprint density at radius 2 is 2.14 bits per heavy atom. The molecule has 1 N–H and O–H groups in total. The van der Waals surface area contributed by atoms with E-state index in [0.717, 1.165) is 19.7 Å². The first kappa shape index (κ1) is 10.0. The molecule has 0 radical (unpaired) electrons. The molecule has 2 nitrogen and oxygen atoms in total. The van der Waals surface area contributed by atoms with E-state index in [1.54, 1.807) is 0 Å². The average Bonchev–Trinajstić information content (AvgIpc) is 2.30. The van der Waals surface area contributed by atoms with Gasteiger partial charge in [0.25, 0.3) is 0 Å². The standard InChI is InChI=1S/C11H15NOS/c14-11(9-4-2-1-3-5-9)10-8-12-6-7-13-10/h1-5,10-12,14H,6-8H2/t10-,11?/m0/s1. The van der Waals surface area contributed by atoms with E-state index in [9.17, 15) is 0 Å². The largest absolute Gasteiger partial charge is 0.374 e. The van der Waals surface area contributed by atoms with Crippen LogP contribution in [0.15, 0.2) is 30.3 Å². The lowest BCUT2D eigenvalue weighted by Gasteiger charge is -2.28. The van der Waals surface area contributed by atoms with Crippen LogP contribution in [-0.4, -0.2) is 25.8 Å². The van der Waals surface area contributed by atoms with Crippen LogP contribution in [0.25, 0.3) is 0 Å². The first-order valence-corrected chi connectivity index (χ1v) is 5.45. The van der Waals surface area contributed by atoms with E-state index >= 15 is 0 Å². The number of nitrogens with one attached hydrogen (secondary N) is 1. The molecular formula is C11H15NOS. The average molecular weight is 209 g/mol. The van der Waals surface area contributed by atoms with E-state index < -0.39 is 0 Å². The number of rotatable bonds is 2. The fourth-order valence-electron chi connectivity index (χ4n) is 1.65. The van der Waals surface area contributed by atoms with Crippen molar-refractivity contribution >= 4 is 12.6 Å². The van der Waals surface area contributed by atoms with Crippen LogP contribution >= 0.6 is 12.6 Å². The van der Waals surface area contributed by atoms with Gasteiger partial charge in [-0.05, 0) is 5.56 Å². The molecule has 1 aliphatic rings. The number of benzene rings is 1. The second-order valence-electron chi connectivity index (χ2n) is 3.47. The lowest BCUT2D eigenvalue weighted by Crippen LogP contribution is -2.40. The van der Waals surface area contributed by atoms with Gasteiger partial charge in [0.15, 0.2) is 0 Å². The molecule has 76 valence electrons. The quantitative estimate of drug-likeness (QED) is 0.723. The Morgan fingerprint density at radius 3 is 2.79 bits per heavy atom. The van der Waals surface area contributed by atoms with Gasteiger partial charge in [0.1, 0.15) is 0 Å². The minimum absolute atomic E-state index is 0.170. The Morgan fingerprint density at radius 1 is 1.36 bits per heavy atom. The number of hydrogen-bond acceptors (Lipinski definition) is 3. The van der Waals surface area contributed by atoms with Gasteiger partial charge in [-0.25, -0.2) is 0 Å². The first-order chi connectivity index (χ1) is 6.88. The second kappa shape index (κ2) is 4.82. The Bertz CT molecular complexity index is 272. The lowest BCUT2D eigenvalue weighted by atomic mass is 10.1. The molecular weight excluding hydrogens is 194 g/mol. The van der Waals surface area contributed by atoms with Gasteiger partial charge in [-0.15, -0.1) is 0 Å². The maximum absolute atomic E-state index is 5.66. The monoisotopic (exact) mass is 209 g/mol. The maximum atomic E-state index is 5.66. The minimum atomic E-state index is 0.170. The van der Waals surface area contributed by atoms with E-state index in [2.05, 4.69) is 30.1 Å². The number of hydrogen-bond donors (Lipinski definition) is 2. The summed E-state index contributed by atoms with van der Waals surface area (Å²) in [6.07, 6.45) is 0.189. The second-order valence-corrected chi connectivity index (χ2v) is 4.03. The van der Waals surface area contributed by atoms with Crippen LogP contribution in [0, 0.1) is 0 Å².